The van der Waals surface area contributed by atoms with Gasteiger partial charge in [0.05, 0.1) is 0 Å². The Kier molecular flexibility index (Phi) is 7.93. The molecule has 0 unspecified atom stereocenters. The van der Waals surface area contributed by atoms with Crippen LogP contribution in [0.3, 0.4) is 0 Å². The van der Waals surface area contributed by atoms with Crippen LogP contribution < -0.4 is 0 Å². The van der Waals surface area contributed by atoms with Gasteiger partial charge in [0.25, 0.3) is 0 Å². The summed E-state index contributed by atoms with van der Waals surface area (Å²) in [6.07, 6.45) is 17.2. The lowest BCUT2D eigenvalue weighted by molar-refractivity contribution is -0.107. The number of fused-ring (bicyclic) bond motifs is 2. The number of hydrogen-bond donors (Lipinski definition) is 1. The monoisotopic (exact) mass is 466 g/mol. The maximum absolute atomic E-state index is 10.9. The highest BCUT2D eigenvalue weighted by Crippen LogP contribution is 2.58. The predicted molar refractivity (Wildman–Crippen MR) is 145 cm³/mol. The lowest BCUT2D eigenvalue weighted by Crippen LogP contribution is -2.38. The van der Waals surface area contributed by atoms with Gasteiger partial charge in [-0.15, -0.1) is 0 Å². The van der Waals surface area contributed by atoms with E-state index in [-0.39, 0.29) is 17.4 Å². The van der Waals surface area contributed by atoms with E-state index >= 15 is 0 Å². The Morgan fingerprint density at radius 1 is 0.765 bits per heavy atom. The summed E-state index contributed by atoms with van der Waals surface area (Å²) in [6.45, 7) is 18.9. The second kappa shape index (κ2) is 9.92. The Morgan fingerprint density at radius 3 is 1.65 bits per heavy atom. The number of aliphatic hydroxyl groups excluding tert-OH is 1. The Balaban J connectivity index is 0.000000191. The van der Waals surface area contributed by atoms with Crippen LogP contribution in [0.25, 0.3) is 0 Å². The Labute approximate surface area is 209 Å². The van der Waals surface area contributed by atoms with E-state index in [1.807, 2.05) is 0 Å². The predicted octanol–water partition coefficient (Wildman–Crippen LogP) is 8.67. The van der Waals surface area contributed by atoms with Crippen LogP contribution in [0, 0.1) is 21.7 Å². The minimum Gasteiger partial charge on any atom is -0.396 e. The lowest BCUT2D eigenvalue weighted by atomic mass is 9.55. The molecule has 34 heavy (non-hydrogen) atoms. The standard InChI is InChI=1S/C16H26O.C16H24O/c2*1-12-6-7-14-15(2,3)9-5-10-16(14,4)13(12)8-11-17/h7,17H,5-6,8-11H2,1-4H3;7,11H,5-6,8-10H2,1-4H3/t2*16-/m11/s1. The van der Waals surface area contributed by atoms with Crippen molar-refractivity contribution in [2.75, 3.05) is 6.61 Å². The first-order valence-corrected chi connectivity index (χ1v) is 13.7. The molecule has 2 nitrogen and oxygen atoms in total. The molecular formula is C32H50O2. The fraction of sp³-hybridized carbons (Fsp3) is 0.719. The molecule has 0 spiro atoms. The number of rotatable bonds is 4. The number of aliphatic hydroxyl groups is 1. The highest BCUT2D eigenvalue weighted by Gasteiger charge is 2.46. The molecule has 4 aliphatic carbocycles. The van der Waals surface area contributed by atoms with Crippen molar-refractivity contribution in [3.8, 4) is 0 Å². The van der Waals surface area contributed by atoms with Crippen molar-refractivity contribution < 1.29 is 9.90 Å². The van der Waals surface area contributed by atoms with Crippen molar-refractivity contribution in [2.45, 2.75) is 120 Å². The minimum atomic E-state index is 0.158. The summed E-state index contributed by atoms with van der Waals surface area (Å²) >= 11 is 0. The van der Waals surface area contributed by atoms with Gasteiger partial charge in [0.15, 0.2) is 0 Å². The molecule has 0 saturated heterocycles. The van der Waals surface area contributed by atoms with Crippen molar-refractivity contribution in [3.63, 3.8) is 0 Å². The average Bonchev–Trinajstić information content (AvgIpc) is 2.73. The summed E-state index contributed by atoms with van der Waals surface area (Å²) in [7, 11) is 0. The molecule has 2 atom stereocenters. The van der Waals surface area contributed by atoms with Crippen molar-refractivity contribution in [2.24, 2.45) is 21.7 Å². The average molecular weight is 467 g/mol. The van der Waals surface area contributed by atoms with Crippen molar-refractivity contribution in [1.82, 2.24) is 0 Å². The summed E-state index contributed by atoms with van der Waals surface area (Å²) in [5.41, 5.74) is 10.1. The topological polar surface area (TPSA) is 37.3 Å². The van der Waals surface area contributed by atoms with Crippen LogP contribution in [-0.2, 0) is 4.79 Å². The van der Waals surface area contributed by atoms with Crippen LogP contribution in [0.4, 0.5) is 0 Å². The van der Waals surface area contributed by atoms with Crippen LogP contribution in [0.1, 0.15) is 120 Å². The molecular weight excluding hydrogens is 416 g/mol. The number of carbonyl (C=O) groups is 1. The summed E-state index contributed by atoms with van der Waals surface area (Å²) in [5, 5.41) is 9.32. The molecule has 0 amide bonds. The molecule has 4 aliphatic rings. The third kappa shape index (κ3) is 4.81. The zero-order valence-corrected chi connectivity index (χ0v) is 23.4. The number of carbonyl (C=O) groups excluding carboxylic acids is 1. The molecule has 0 aromatic heterocycles. The molecule has 190 valence electrons. The van der Waals surface area contributed by atoms with Crippen LogP contribution in [-0.4, -0.2) is 18.0 Å². The van der Waals surface area contributed by atoms with E-state index in [1.165, 1.54) is 60.8 Å². The fourth-order valence-corrected chi connectivity index (χ4v) is 8.21. The molecule has 4 rings (SSSR count). The Hall–Kier alpha value is -1.41. The lowest BCUT2D eigenvalue weighted by Gasteiger charge is -2.50. The Morgan fingerprint density at radius 2 is 1.21 bits per heavy atom. The molecule has 2 fully saturated rings. The molecule has 0 radical (unpaired) electrons. The molecule has 0 aliphatic heterocycles. The van der Waals surface area contributed by atoms with Gasteiger partial charge >= 0.3 is 0 Å². The maximum Gasteiger partial charge on any atom is 0.124 e. The molecule has 0 aromatic rings. The van der Waals surface area contributed by atoms with E-state index in [0.717, 1.165) is 25.5 Å². The van der Waals surface area contributed by atoms with E-state index in [2.05, 4.69) is 67.5 Å². The van der Waals surface area contributed by atoms with Gasteiger partial charge in [0.2, 0.25) is 0 Å². The summed E-state index contributed by atoms with van der Waals surface area (Å²) in [6, 6.07) is 0. The minimum absolute atomic E-state index is 0.158. The van der Waals surface area contributed by atoms with Gasteiger partial charge in [-0.2, -0.15) is 0 Å². The largest absolute Gasteiger partial charge is 0.396 e. The highest BCUT2D eigenvalue weighted by atomic mass is 16.3. The number of aldehydes is 1. The Bertz CT molecular complexity index is 923. The molecule has 1 N–H and O–H groups in total. The van der Waals surface area contributed by atoms with Gasteiger partial charge in [0.1, 0.15) is 6.29 Å². The maximum atomic E-state index is 10.9. The third-order valence-electron chi connectivity index (χ3n) is 9.84. The van der Waals surface area contributed by atoms with Crippen molar-refractivity contribution in [1.29, 1.82) is 0 Å². The van der Waals surface area contributed by atoms with Crippen LogP contribution >= 0.6 is 0 Å². The van der Waals surface area contributed by atoms with Gasteiger partial charge in [-0.1, -0.05) is 100.0 Å². The van der Waals surface area contributed by atoms with Gasteiger partial charge in [-0.3, -0.25) is 0 Å². The highest BCUT2D eigenvalue weighted by molar-refractivity contribution is 5.58. The third-order valence-corrected chi connectivity index (χ3v) is 9.84. The second-order valence-electron chi connectivity index (χ2n) is 13.1. The van der Waals surface area contributed by atoms with E-state index in [4.69, 9.17) is 0 Å². The van der Waals surface area contributed by atoms with Gasteiger partial charge in [-0.05, 0) is 69.6 Å². The zero-order valence-electron chi connectivity index (χ0n) is 23.4. The van der Waals surface area contributed by atoms with E-state index in [0.29, 0.717) is 17.3 Å². The zero-order chi connectivity index (χ0) is 25.4. The molecule has 0 heterocycles. The molecule has 2 saturated carbocycles. The number of allylic oxidation sites excluding steroid dienone is 7. The molecule has 0 bridgehead atoms. The molecule has 2 heteroatoms. The van der Waals surface area contributed by atoms with E-state index < -0.39 is 0 Å². The fourth-order valence-electron chi connectivity index (χ4n) is 8.21. The first-order valence-electron chi connectivity index (χ1n) is 13.7. The van der Waals surface area contributed by atoms with Gasteiger partial charge in [0, 0.05) is 23.9 Å². The SMILES string of the molecule is CC1=C(CC=O)[C@@]2(C)CCCC(C)(C)C2=CC1.CC1=C(CCO)[C@@]2(C)CCCC(C)(C)C2=CC1. The van der Waals surface area contributed by atoms with Gasteiger partial charge in [-0.25, -0.2) is 0 Å². The summed E-state index contributed by atoms with van der Waals surface area (Å²) < 4.78 is 0. The van der Waals surface area contributed by atoms with Crippen molar-refractivity contribution >= 4 is 6.29 Å². The molecule has 0 aromatic carbocycles. The summed E-state index contributed by atoms with van der Waals surface area (Å²) in [5.74, 6) is 0. The summed E-state index contributed by atoms with van der Waals surface area (Å²) in [4.78, 5) is 10.9. The first kappa shape index (κ1) is 27.2. The van der Waals surface area contributed by atoms with E-state index in [9.17, 15) is 9.90 Å². The second-order valence-corrected chi connectivity index (χ2v) is 13.1. The van der Waals surface area contributed by atoms with Gasteiger partial charge < -0.3 is 9.90 Å². The van der Waals surface area contributed by atoms with Crippen LogP contribution in [0.5, 0.6) is 0 Å². The quantitative estimate of drug-likeness (QED) is 0.332. The van der Waals surface area contributed by atoms with Crippen LogP contribution in [0.2, 0.25) is 0 Å². The van der Waals surface area contributed by atoms with Crippen LogP contribution in [0.15, 0.2) is 45.6 Å². The number of hydrogen-bond acceptors (Lipinski definition) is 2. The van der Waals surface area contributed by atoms with Crippen molar-refractivity contribution in [3.05, 3.63) is 45.6 Å². The smallest absolute Gasteiger partial charge is 0.124 e. The first-order chi connectivity index (χ1) is 15.8. The van der Waals surface area contributed by atoms with E-state index in [1.54, 1.807) is 11.1 Å². The normalized spacial score (nSPS) is 32.0.